The summed E-state index contributed by atoms with van der Waals surface area (Å²) in [5.74, 6) is -0.139. The van der Waals surface area contributed by atoms with Gasteiger partial charge in [0.2, 0.25) is 0 Å². The van der Waals surface area contributed by atoms with Gasteiger partial charge in [-0.15, -0.1) is 0 Å². The van der Waals surface area contributed by atoms with Gasteiger partial charge in [-0.1, -0.05) is 0 Å². The third-order valence-corrected chi connectivity index (χ3v) is 2.31. The zero-order chi connectivity index (χ0) is 12.3. The van der Waals surface area contributed by atoms with E-state index >= 15 is 0 Å². The molecule has 0 fully saturated rings. The summed E-state index contributed by atoms with van der Waals surface area (Å²) in [7, 11) is 1.40. The minimum Gasteiger partial charge on any atom is -0.496 e. The van der Waals surface area contributed by atoms with Crippen molar-refractivity contribution in [2.45, 2.75) is 25.3 Å². The van der Waals surface area contributed by atoms with Gasteiger partial charge < -0.3 is 10.5 Å². The molecule has 1 aromatic rings. The molecule has 0 saturated heterocycles. The summed E-state index contributed by atoms with van der Waals surface area (Å²) in [6, 6.07) is 3.76. The monoisotopic (exact) mass is 233 g/mol. The molecule has 1 aromatic carbocycles. The number of hydrogen-bond acceptors (Lipinski definition) is 2. The van der Waals surface area contributed by atoms with E-state index in [2.05, 4.69) is 0 Å². The van der Waals surface area contributed by atoms with Crippen LogP contribution in [0.1, 0.15) is 12.5 Å². The zero-order valence-corrected chi connectivity index (χ0v) is 9.14. The summed E-state index contributed by atoms with van der Waals surface area (Å²) in [5.41, 5.74) is 4.08. The molecule has 0 aliphatic heterocycles. The summed E-state index contributed by atoms with van der Waals surface area (Å²) in [4.78, 5) is 0. The number of benzene rings is 1. The smallest absolute Gasteiger partial charge is 0.256 e. The number of methoxy groups -OCH3 is 1. The Morgan fingerprint density at radius 2 is 2.06 bits per heavy atom. The van der Waals surface area contributed by atoms with E-state index < -0.39 is 17.8 Å². The first-order valence-electron chi connectivity index (χ1n) is 4.76. The van der Waals surface area contributed by atoms with Crippen molar-refractivity contribution in [3.63, 3.8) is 0 Å². The quantitative estimate of drug-likeness (QED) is 0.866. The largest absolute Gasteiger partial charge is 0.496 e. The van der Waals surface area contributed by atoms with Crippen molar-refractivity contribution in [2.75, 3.05) is 7.11 Å². The van der Waals surface area contributed by atoms with Crippen molar-refractivity contribution in [1.82, 2.24) is 0 Å². The van der Waals surface area contributed by atoms with Crippen molar-refractivity contribution in [1.29, 1.82) is 0 Å². The molecule has 0 bridgehead atoms. The van der Waals surface area contributed by atoms with E-state index in [1.807, 2.05) is 0 Å². The molecule has 2 N–H and O–H groups in total. The fourth-order valence-electron chi connectivity index (χ4n) is 1.37. The Hall–Kier alpha value is -1.23. The van der Waals surface area contributed by atoms with E-state index in [9.17, 15) is 13.2 Å². The molecule has 2 nitrogen and oxygen atoms in total. The molecule has 0 spiro atoms. The summed E-state index contributed by atoms with van der Waals surface area (Å²) >= 11 is 0. The second-order valence-electron chi connectivity index (χ2n) is 3.94. The van der Waals surface area contributed by atoms with Gasteiger partial charge in [-0.2, -0.15) is 0 Å². The predicted molar refractivity (Wildman–Crippen MR) is 55.3 cm³/mol. The Morgan fingerprint density at radius 3 is 2.56 bits per heavy atom. The van der Waals surface area contributed by atoms with Crippen LogP contribution >= 0.6 is 0 Å². The summed E-state index contributed by atoms with van der Waals surface area (Å²) in [5, 5.41) is 0. The lowest BCUT2D eigenvalue weighted by Gasteiger charge is -2.24. The molecule has 0 aromatic heterocycles. The minimum absolute atomic E-state index is 0.147. The second-order valence-corrected chi connectivity index (χ2v) is 3.94. The van der Waals surface area contributed by atoms with Crippen molar-refractivity contribution in [3.05, 3.63) is 29.6 Å². The lowest BCUT2D eigenvalue weighted by Crippen LogP contribution is -2.45. The van der Waals surface area contributed by atoms with Crippen LogP contribution in [0.15, 0.2) is 18.2 Å². The Labute approximate surface area is 92.2 Å². The van der Waals surface area contributed by atoms with Gasteiger partial charge in [-0.3, -0.25) is 0 Å². The molecule has 16 heavy (non-hydrogen) atoms. The average Bonchev–Trinajstić information content (AvgIpc) is 2.17. The maximum atomic E-state index is 13.0. The number of ether oxygens (including phenoxy) is 1. The van der Waals surface area contributed by atoms with E-state index in [4.69, 9.17) is 10.5 Å². The van der Waals surface area contributed by atoms with Gasteiger partial charge in [0.15, 0.2) is 0 Å². The number of alkyl halides is 2. The third kappa shape index (κ3) is 2.88. The molecule has 5 heteroatoms. The third-order valence-electron chi connectivity index (χ3n) is 2.31. The maximum absolute atomic E-state index is 13.0. The van der Waals surface area contributed by atoms with Gasteiger partial charge in [0, 0.05) is 0 Å². The zero-order valence-electron chi connectivity index (χ0n) is 9.14. The van der Waals surface area contributed by atoms with Gasteiger partial charge >= 0.3 is 0 Å². The van der Waals surface area contributed by atoms with Crippen LogP contribution in [0.5, 0.6) is 5.75 Å². The molecule has 1 unspecified atom stereocenters. The van der Waals surface area contributed by atoms with E-state index in [1.165, 1.54) is 26.2 Å². The first-order chi connectivity index (χ1) is 7.36. The number of nitrogens with two attached hydrogens (primary N) is 1. The second kappa shape index (κ2) is 4.74. The maximum Gasteiger partial charge on any atom is 0.256 e. The highest BCUT2D eigenvalue weighted by molar-refractivity contribution is 5.35. The standard InChI is InChI=1S/C11H14F3NO/c1-11(15,10(13)14)6-7-5-8(12)3-4-9(7)16-2/h3-5,10H,6,15H2,1-2H3. The number of rotatable bonds is 4. The SMILES string of the molecule is COc1ccc(F)cc1CC(C)(N)C(F)F. The molecule has 1 rings (SSSR count). The van der Waals surface area contributed by atoms with Crippen LogP contribution in [0.4, 0.5) is 13.2 Å². The number of hydrogen-bond donors (Lipinski definition) is 1. The molecule has 1 atom stereocenters. The molecule has 0 amide bonds. The van der Waals surface area contributed by atoms with E-state index in [0.29, 0.717) is 11.3 Å². The molecule has 0 heterocycles. The Balaban J connectivity index is 2.99. The summed E-state index contributed by atoms with van der Waals surface area (Å²) in [6.45, 7) is 1.22. The van der Waals surface area contributed by atoms with E-state index in [0.717, 1.165) is 6.07 Å². The fraction of sp³-hybridized carbons (Fsp3) is 0.455. The van der Waals surface area contributed by atoms with Crippen molar-refractivity contribution < 1.29 is 17.9 Å². The first-order valence-corrected chi connectivity index (χ1v) is 4.76. The molecule has 0 aliphatic carbocycles. The van der Waals surface area contributed by atoms with Gasteiger partial charge in [0.25, 0.3) is 6.43 Å². The lowest BCUT2D eigenvalue weighted by atomic mass is 9.94. The molecule has 0 radical (unpaired) electrons. The fourth-order valence-corrected chi connectivity index (χ4v) is 1.37. The van der Waals surface area contributed by atoms with Crippen LogP contribution in [-0.2, 0) is 6.42 Å². The van der Waals surface area contributed by atoms with Crippen molar-refractivity contribution in [3.8, 4) is 5.75 Å². The average molecular weight is 233 g/mol. The van der Waals surface area contributed by atoms with Crippen LogP contribution in [0, 0.1) is 5.82 Å². The van der Waals surface area contributed by atoms with E-state index in [-0.39, 0.29) is 6.42 Å². The Morgan fingerprint density at radius 1 is 1.44 bits per heavy atom. The Bertz CT molecular complexity index is 366. The molecule has 90 valence electrons. The molecule has 0 saturated carbocycles. The van der Waals surface area contributed by atoms with E-state index in [1.54, 1.807) is 0 Å². The van der Waals surface area contributed by atoms with Gasteiger partial charge in [-0.25, -0.2) is 13.2 Å². The summed E-state index contributed by atoms with van der Waals surface area (Å²) in [6.07, 6.45) is -2.83. The normalized spacial score (nSPS) is 14.9. The van der Waals surface area contributed by atoms with Crippen LogP contribution in [0.2, 0.25) is 0 Å². The molecular formula is C11H14F3NO. The Kier molecular flexibility index (Phi) is 3.80. The summed E-state index contributed by atoms with van der Waals surface area (Å²) < 4.78 is 43.1. The molecular weight excluding hydrogens is 219 g/mol. The van der Waals surface area contributed by atoms with Crippen LogP contribution in [0.3, 0.4) is 0 Å². The highest BCUT2D eigenvalue weighted by atomic mass is 19.3. The highest BCUT2D eigenvalue weighted by Crippen LogP contribution is 2.25. The van der Waals surface area contributed by atoms with Gasteiger partial charge in [0.05, 0.1) is 12.6 Å². The first kappa shape index (κ1) is 12.8. The molecule has 0 aliphatic rings. The van der Waals surface area contributed by atoms with Gasteiger partial charge in [-0.05, 0) is 37.1 Å². The number of halogens is 3. The minimum atomic E-state index is -2.68. The lowest BCUT2D eigenvalue weighted by molar-refractivity contribution is 0.0636. The van der Waals surface area contributed by atoms with Crippen LogP contribution in [-0.4, -0.2) is 19.1 Å². The van der Waals surface area contributed by atoms with Crippen LogP contribution in [0.25, 0.3) is 0 Å². The van der Waals surface area contributed by atoms with Crippen LogP contribution < -0.4 is 10.5 Å². The van der Waals surface area contributed by atoms with Crippen molar-refractivity contribution in [2.24, 2.45) is 5.73 Å². The topological polar surface area (TPSA) is 35.2 Å². The van der Waals surface area contributed by atoms with Gasteiger partial charge in [0.1, 0.15) is 11.6 Å². The van der Waals surface area contributed by atoms with Crippen molar-refractivity contribution >= 4 is 0 Å². The predicted octanol–water partition coefficient (Wildman–Crippen LogP) is 2.36. The highest BCUT2D eigenvalue weighted by Gasteiger charge is 2.31.